The molecular weight excluding hydrogens is 130 g/mol. The SMILES string of the molecule is CCCCN=CSCC. The molecule has 0 spiro atoms. The lowest BCUT2D eigenvalue weighted by molar-refractivity contribution is 0.811. The maximum absolute atomic E-state index is 4.19. The minimum atomic E-state index is 1.00. The third-order valence-corrected chi connectivity index (χ3v) is 1.59. The number of hydrogen-bond acceptors (Lipinski definition) is 2. The highest BCUT2D eigenvalue weighted by molar-refractivity contribution is 8.12. The van der Waals surface area contributed by atoms with Crippen LogP contribution in [0.25, 0.3) is 0 Å². The molecule has 0 rings (SSSR count). The van der Waals surface area contributed by atoms with Gasteiger partial charge in [0.2, 0.25) is 0 Å². The molecule has 0 bridgehead atoms. The van der Waals surface area contributed by atoms with Crippen molar-refractivity contribution in [3.8, 4) is 0 Å². The van der Waals surface area contributed by atoms with E-state index in [1.165, 1.54) is 12.8 Å². The van der Waals surface area contributed by atoms with Crippen molar-refractivity contribution in [2.45, 2.75) is 26.7 Å². The number of aliphatic imine (C=N–C) groups is 1. The van der Waals surface area contributed by atoms with Crippen LogP contribution in [0.3, 0.4) is 0 Å². The summed E-state index contributed by atoms with van der Waals surface area (Å²) < 4.78 is 0. The molecule has 0 atom stereocenters. The minimum absolute atomic E-state index is 1.00. The Morgan fingerprint density at radius 2 is 2.22 bits per heavy atom. The number of unbranched alkanes of at least 4 members (excludes halogenated alkanes) is 1. The van der Waals surface area contributed by atoms with E-state index in [9.17, 15) is 0 Å². The van der Waals surface area contributed by atoms with Crippen molar-refractivity contribution in [3.05, 3.63) is 0 Å². The third-order valence-electron chi connectivity index (χ3n) is 0.957. The van der Waals surface area contributed by atoms with Crippen molar-refractivity contribution in [2.75, 3.05) is 12.3 Å². The molecule has 54 valence electrons. The summed E-state index contributed by atoms with van der Waals surface area (Å²) >= 11 is 1.77. The summed E-state index contributed by atoms with van der Waals surface area (Å²) in [5.74, 6) is 1.13. The summed E-state index contributed by atoms with van der Waals surface area (Å²) in [6.07, 6.45) is 2.47. The van der Waals surface area contributed by atoms with Gasteiger partial charge in [-0.3, -0.25) is 4.99 Å². The maximum Gasteiger partial charge on any atom is 0.0540 e. The van der Waals surface area contributed by atoms with Crippen LogP contribution in [0.15, 0.2) is 4.99 Å². The van der Waals surface area contributed by atoms with Crippen LogP contribution in [-0.2, 0) is 0 Å². The van der Waals surface area contributed by atoms with E-state index < -0.39 is 0 Å². The summed E-state index contributed by atoms with van der Waals surface area (Å²) in [4.78, 5) is 4.19. The van der Waals surface area contributed by atoms with Crippen LogP contribution < -0.4 is 0 Å². The number of rotatable bonds is 5. The van der Waals surface area contributed by atoms with Crippen molar-refractivity contribution in [2.24, 2.45) is 4.99 Å². The quantitative estimate of drug-likeness (QED) is 0.329. The van der Waals surface area contributed by atoms with Gasteiger partial charge in [-0.2, -0.15) is 0 Å². The van der Waals surface area contributed by atoms with E-state index >= 15 is 0 Å². The van der Waals surface area contributed by atoms with E-state index in [0.717, 1.165) is 12.3 Å². The first-order chi connectivity index (χ1) is 4.41. The Morgan fingerprint density at radius 1 is 1.44 bits per heavy atom. The first-order valence-electron chi connectivity index (χ1n) is 3.51. The van der Waals surface area contributed by atoms with Gasteiger partial charge in [-0.25, -0.2) is 0 Å². The van der Waals surface area contributed by atoms with Gasteiger partial charge in [0.05, 0.1) is 5.55 Å². The predicted molar refractivity (Wildman–Crippen MR) is 46.4 cm³/mol. The molecule has 9 heavy (non-hydrogen) atoms. The van der Waals surface area contributed by atoms with Crippen LogP contribution in [0, 0.1) is 0 Å². The van der Waals surface area contributed by atoms with Gasteiger partial charge < -0.3 is 0 Å². The van der Waals surface area contributed by atoms with Crippen LogP contribution in [0.2, 0.25) is 0 Å². The molecule has 0 saturated heterocycles. The van der Waals surface area contributed by atoms with Crippen molar-refractivity contribution in [3.63, 3.8) is 0 Å². The first kappa shape index (κ1) is 9.02. The number of thioether (sulfide) groups is 1. The van der Waals surface area contributed by atoms with Crippen LogP contribution >= 0.6 is 11.8 Å². The predicted octanol–water partition coefficient (Wildman–Crippen LogP) is 2.57. The maximum atomic E-state index is 4.19. The molecule has 0 fully saturated rings. The molecule has 0 aromatic carbocycles. The van der Waals surface area contributed by atoms with Gasteiger partial charge in [-0.15, -0.1) is 11.8 Å². The van der Waals surface area contributed by atoms with Crippen molar-refractivity contribution in [1.29, 1.82) is 0 Å². The summed E-state index contributed by atoms with van der Waals surface area (Å²) in [5, 5.41) is 0. The second-order valence-corrected chi connectivity index (χ2v) is 2.94. The Balaban J connectivity index is 2.86. The molecule has 0 aliphatic rings. The fourth-order valence-electron chi connectivity index (χ4n) is 0.429. The lowest BCUT2D eigenvalue weighted by Gasteiger charge is -1.87. The van der Waals surface area contributed by atoms with Gasteiger partial charge in [0.15, 0.2) is 0 Å². The average molecular weight is 145 g/mol. The number of hydrogen-bond donors (Lipinski definition) is 0. The molecule has 0 saturated carbocycles. The highest BCUT2D eigenvalue weighted by atomic mass is 32.2. The smallest absolute Gasteiger partial charge is 0.0540 e. The third kappa shape index (κ3) is 8.02. The zero-order chi connectivity index (χ0) is 6.95. The standard InChI is InChI=1S/C7H15NS/c1-3-5-6-8-7-9-4-2/h7H,3-6H2,1-2H3. The van der Waals surface area contributed by atoms with Crippen LogP contribution in [0.1, 0.15) is 26.7 Å². The Hall–Kier alpha value is 0.0200. The zero-order valence-electron chi connectivity index (χ0n) is 6.26. The fourth-order valence-corrected chi connectivity index (χ4v) is 0.789. The monoisotopic (exact) mass is 145 g/mol. The molecule has 0 heterocycles. The molecule has 0 aliphatic carbocycles. The van der Waals surface area contributed by atoms with Gasteiger partial charge >= 0.3 is 0 Å². The Kier molecular flexibility index (Phi) is 8.04. The van der Waals surface area contributed by atoms with Crippen LogP contribution in [-0.4, -0.2) is 17.8 Å². The lowest BCUT2D eigenvalue weighted by Crippen LogP contribution is -1.77. The molecule has 0 N–H and O–H groups in total. The van der Waals surface area contributed by atoms with Crippen LogP contribution in [0.5, 0.6) is 0 Å². The van der Waals surface area contributed by atoms with E-state index in [0.29, 0.717) is 0 Å². The summed E-state index contributed by atoms with van der Waals surface area (Å²) in [7, 11) is 0. The van der Waals surface area contributed by atoms with Crippen molar-refractivity contribution >= 4 is 17.3 Å². The zero-order valence-corrected chi connectivity index (χ0v) is 7.08. The average Bonchev–Trinajstić information content (AvgIpc) is 1.89. The topological polar surface area (TPSA) is 12.4 Å². The van der Waals surface area contributed by atoms with Crippen LogP contribution in [0.4, 0.5) is 0 Å². The molecule has 0 amide bonds. The highest BCUT2D eigenvalue weighted by Gasteiger charge is 1.76. The molecule has 0 aliphatic heterocycles. The van der Waals surface area contributed by atoms with E-state index in [-0.39, 0.29) is 0 Å². The van der Waals surface area contributed by atoms with Gasteiger partial charge in [0.25, 0.3) is 0 Å². The first-order valence-corrected chi connectivity index (χ1v) is 4.56. The second kappa shape index (κ2) is 8.02. The normalized spacial score (nSPS) is 10.9. The lowest BCUT2D eigenvalue weighted by atomic mass is 10.3. The van der Waals surface area contributed by atoms with E-state index in [4.69, 9.17) is 0 Å². The molecule has 0 unspecified atom stereocenters. The van der Waals surface area contributed by atoms with Gasteiger partial charge in [-0.05, 0) is 12.2 Å². The highest BCUT2D eigenvalue weighted by Crippen LogP contribution is 1.93. The Morgan fingerprint density at radius 3 is 2.78 bits per heavy atom. The summed E-state index contributed by atoms with van der Waals surface area (Å²) in [6, 6.07) is 0. The molecule has 2 heteroatoms. The number of nitrogens with zero attached hydrogens (tertiary/aromatic N) is 1. The molecule has 0 aromatic heterocycles. The fraction of sp³-hybridized carbons (Fsp3) is 0.857. The molecular formula is C7H15NS. The minimum Gasteiger partial charge on any atom is -0.286 e. The van der Waals surface area contributed by atoms with Gasteiger partial charge in [0.1, 0.15) is 0 Å². The summed E-state index contributed by atoms with van der Waals surface area (Å²) in [5.41, 5.74) is 1.95. The van der Waals surface area contributed by atoms with E-state index in [1.54, 1.807) is 11.8 Å². The van der Waals surface area contributed by atoms with E-state index in [2.05, 4.69) is 18.8 Å². The van der Waals surface area contributed by atoms with Crippen molar-refractivity contribution < 1.29 is 0 Å². The summed E-state index contributed by atoms with van der Waals surface area (Å²) in [6.45, 7) is 5.32. The molecule has 0 radical (unpaired) electrons. The van der Waals surface area contributed by atoms with Crippen molar-refractivity contribution in [1.82, 2.24) is 0 Å². The second-order valence-electron chi connectivity index (χ2n) is 1.82. The molecule has 1 nitrogen and oxygen atoms in total. The Bertz CT molecular complexity index is 71.3. The van der Waals surface area contributed by atoms with Gasteiger partial charge in [-0.1, -0.05) is 20.3 Å². The Labute approximate surface area is 61.9 Å². The largest absolute Gasteiger partial charge is 0.286 e. The van der Waals surface area contributed by atoms with E-state index in [1.807, 2.05) is 5.55 Å². The molecule has 0 aromatic rings. The van der Waals surface area contributed by atoms with Gasteiger partial charge in [0, 0.05) is 6.54 Å².